The first-order chi connectivity index (χ1) is 8.13. The average Bonchev–Trinajstić information content (AvgIpc) is 2.27. The minimum absolute atomic E-state index is 0.0483. The van der Waals surface area contributed by atoms with Crippen LogP contribution >= 0.6 is 11.6 Å². The molecule has 0 saturated heterocycles. The molecule has 1 saturated carbocycles. The largest absolute Gasteiger partial charge is 0.376 e. The van der Waals surface area contributed by atoms with Gasteiger partial charge >= 0.3 is 0 Å². The molecule has 3 heteroatoms. The van der Waals surface area contributed by atoms with Crippen LogP contribution in [0.25, 0.3) is 0 Å². The number of aryl methyl sites for hydroxylation is 1. The Morgan fingerprint density at radius 2 is 2.12 bits per heavy atom. The van der Waals surface area contributed by atoms with Gasteiger partial charge in [0.25, 0.3) is 0 Å². The van der Waals surface area contributed by atoms with E-state index in [4.69, 9.17) is 16.3 Å². The highest BCUT2D eigenvalue weighted by Gasteiger charge is 2.44. The van der Waals surface area contributed by atoms with Crippen molar-refractivity contribution in [3.63, 3.8) is 0 Å². The highest BCUT2D eigenvalue weighted by atomic mass is 35.5. The Bertz CT molecular complexity index is 396. The molecule has 0 radical (unpaired) electrons. The van der Waals surface area contributed by atoms with Gasteiger partial charge in [0.15, 0.2) is 0 Å². The zero-order valence-electron chi connectivity index (χ0n) is 10.7. The number of rotatable bonds is 4. The molecule has 1 aromatic carbocycles. The summed E-state index contributed by atoms with van der Waals surface area (Å²) in [6, 6.07) is 6.49. The van der Waals surface area contributed by atoms with E-state index in [1.54, 1.807) is 7.11 Å². The number of ether oxygens (including phenoxy) is 1. The van der Waals surface area contributed by atoms with Gasteiger partial charge in [-0.05, 0) is 50.4 Å². The number of hydrogen-bond donors (Lipinski definition) is 1. The standard InChI is InChI=1S/C14H20ClNO/c1-10-5-6-11(9-12(10)15)13(16-2)14(17-3)7-4-8-14/h5-6,9,13,16H,4,7-8H2,1-3H3. The fourth-order valence-electron chi connectivity index (χ4n) is 2.66. The molecule has 0 spiro atoms. The Kier molecular flexibility index (Phi) is 3.76. The van der Waals surface area contributed by atoms with E-state index >= 15 is 0 Å². The van der Waals surface area contributed by atoms with Crippen LogP contribution in [0.1, 0.15) is 36.4 Å². The molecule has 0 aromatic heterocycles. The third-order valence-corrected chi connectivity index (χ3v) is 4.36. The van der Waals surface area contributed by atoms with Crippen LogP contribution in [-0.4, -0.2) is 19.8 Å². The highest BCUT2D eigenvalue weighted by Crippen LogP contribution is 2.45. The summed E-state index contributed by atoms with van der Waals surface area (Å²) < 4.78 is 5.75. The van der Waals surface area contributed by atoms with Crippen molar-refractivity contribution in [3.8, 4) is 0 Å². The van der Waals surface area contributed by atoms with Crippen LogP contribution in [0.3, 0.4) is 0 Å². The predicted molar refractivity (Wildman–Crippen MR) is 71.6 cm³/mol. The number of halogens is 1. The van der Waals surface area contributed by atoms with Crippen molar-refractivity contribution in [1.82, 2.24) is 5.32 Å². The quantitative estimate of drug-likeness (QED) is 0.887. The number of hydrogen-bond acceptors (Lipinski definition) is 2. The molecular formula is C14H20ClNO. The van der Waals surface area contributed by atoms with Gasteiger partial charge in [-0.25, -0.2) is 0 Å². The summed E-state index contributed by atoms with van der Waals surface area (Å²) in [4.78, 5) is 0. The van der Waals surface area contributed by atoms with Crippen molar-refractivity contribution >= 4 is 11.6 Å². The number of benzene rings is 1. The fraction of sp³-hybridized carbons (Fsp3) is 0.571. The maximum atomic E-state index is 6.20. The van der Waals surface area contributed by atoms with Crippen LogP contribution in [0, 0.1) is 6.92 Å². The van der Waals surface area contributed by atoms with Gasteiger partial charge in [-0.3, -0.25) is 0 Å². The summed E-state index contributed by atoms with van der Waals surface area (Å²) in [5.74, 6) is 0. The molecule has 0 amide bonds. The van der Waals surface area contributed by atoms with Crippen molar-refractivity contribution in [2.24, 2.45) is 0 Å². The van der Waals surface area contributed by atoms with E-state index in [2.05, 4.69) is 23.5 Å². The Balaban J connectivity index is 2.31. The first-order valence-electron chi connectivity index (χ1n) is 6.11. The van der Waals surface area contributed by atoms with Crippen molar-refractivity contribution < 1.29 is 4.74 Å². The molecule has 1 aromatic rings. The smallest absolute Gasteiger partial charge is 0.0872 e. The van der Waals surface area contributed by atoms with E-state index in [1.807, 2.05) is 14.0 Å². The van der Waals surface area contributed by atoms with Crippen LogP contribution in [0.5, 0.6) is 0 Å². The van der Waals surface area contributed by atoms with Crippen molar-refractivity contribution in [1.29, 1.82) is 0 Å². The maximum Gasteiger partial charge on any atom is 0.0872 e. The van der Waals surface area contributed by atoms with E-state index in [0.29, 0.717) is 0 Å². The second kappa shape index (κ2) is 4.97. The van der Waals surface area contributed by atoms with Crippen LogP contribution in [-0.2, 0) is 4.74 Å². The third kappa shape index (κ3) is 2.22. The average molecular weight is 254 g/mol. The molecule has 1 aliphatic rings. The van der Waals surface area contributed by atoms with Crippen LogP contribution in [0.4, 0.5) is 0 Å². The lowest BCUT2D eigenvalue weighted by molar-refractivity contribution is -0.0983. The number of methoxy groups -OCH3 is 1. The number of likely N-dealkylation sites (N-methyl/N-ethyl adjacent to an activating group) is 1. The van der Waals surface area contributed by atoms with Gasteiger partial charge in [-0.15, -0.1) is 0 Å². The molecule has 1 atom stereocenters. The van der Waals surface area contributed by atoms with E-state index < -0.39 is 0 Å². The van der Waals surface area contributed by atoms with Gasteiger partial charge in [0.05, 0.1) is 11.6 Å². The van der Waals surface area contributed by atoms with E-state index in [0.717, 1.165) is 23.4 Å². The van der Waals surface area contributed by atoms with Crippen molar-refractivity contribution in [2.45, 2.75) is 37.8 Å². The maximum absolute atomic E-state index is 6.20. The lowest BCUT2D eigenvalue weighted by atomic mass is 9.72. The molecule has 1 unspecified atom stereocenters. The molecule has 0 bridgehead atoms. The zero-order valence-corrected chi connectivity index (χ0v) is 11.5. The fourth-order valence-corrected chi connectivity index (χ4v) is 2.85. The van der Waals surface area contributed by atoms with E-state index in [1.165, 1.54) is 12.0 Å². The molecule has 0 heterocycles. The van der Waals surface area contributed by atoms with Gasteiger partial charge in [0, 0.05) is 12.1 Å². The first kappa shape index (κ1) is 12.9. The molecule has 17 heavy (non-hydrogen) atoms. The lowest BCUT2D eigenvalue weighted by Gasteiger charge is -2.46. The van der Waals surface area contributed by atoms with Gasteiger partial charge in [-0.2, -0.15) is 0 Å². The summed E-state index contributed by atoms with van der Waals surface area (Å²) in [6.45, 7) is 2.02. The monoisotopic (exact) mass is 253 g/mol. The Morgan fingerprint density at radius 3 is 2.53 bits per heavy atom. The predicted octanol–water partition coefficient (Wildman–Crippen LogP) is 3.48. The molecule has 1 N–H and O–H groups in total. The van der Waals surface area contributed by atoms with Crippen molar-refractivity contribution in [3.05, 3.63) is 34.3 Å². The zero-order chi connectivity index (χ0) is 12.5. The van der Waals surface area contributed by atoms with E-state index in [-0.39, 0.29) is 11.6 Å². The van der Waals surface area contributed by atoms with Crippen LogP contribution in [0.2, 0.25) is 5.02 Å². The Hall–Kier alpha value is -0.570. The molecule has 1 aliphatic carbocycles. The third-order valence-electron chi connectivity index (χ3n) is 3.95. The molecule has 2 rings (SSSR count). The molecule has 94 valence electrons. The molecular weight excluding hydrogens is 234 g/mol. The van der Waals surface area contributed by atoms with E-state index in [9.17, 15) is 0 Å². The molecule has 2 nitrogen and oxygen atoms in total. The Morgan fingerprint density at radius 1 is 1.41 bits per heavy atom. The normalized spacial score (nSPS) is 19.8. The molecule has 0 aliphatic heterocycles. The first-order valence-corrected chi connectivity index (χ1v) is 6.49. The summed E-state index contributed by atoms with van der Waals surface area (Å²) in [5, 5.41) is 4.20. The van der Waals surface area contributed by atoms with Crippen LogP contribution in [0.15, 0.2) is 18.2 Å². The van der Waals surface area contributed by atoms with Gasteiger partial charge in [0.1, 0.15) is 0 Å². The second-order valence-electron chi connectivity index (χ2n) is 4.85. The highest BCUT2D eigenvalue weighted by molar-refractivity contribution is 6.31. The lowest BCUT2D eigenvalue weighted by Crippen LogP contribution is -2.49. The minimum atomic E-state index is -0.0483. The second-order valence-corrected chi connectivity index (χ2v) is 5.26. The Labute approximate surface area is 108 Å². The topological polar surface area (TPSA) is 21.3 Å². The number of nitrogens with one attached hydrogen (secondary N) is 1. The molecule has 1 fully saturated rings. The summed E-state index contributed by atoms with van der Waals surface area (Å²) in [7, 11) is 3.79. The van der Waals surface area contributed by atoms with Gasteiger partial charge < -0.3 is 10.1 Å². The van der Waals surface area contributed by atoms with Crippen LogP contribution < -0.4 is 5.32 Å². The summed E-state index contributed by atoms with van der Waals surface area (Å²) in [5.41, 5.74) is 2.28. The minimum Gasteiger partial charge on any atom is -0.376 e. The van der Waals surface area contributed by atoms with Gasteiger partial charge in [0.2, 0.25) is 0 Å². The van der Waals surface area contributed by atoms with Crippen molar-refractivity contribution in [2.75, 3.05) is 14.2 Å². The summed E-state index contributed by atoms with van der Waals surface area (Å²) >= 11 is 6.20. The SMILES string of the molecule is CNC(c1ccc(C)c(Cl)c1)C1(OC)CCC1. The summed E-state index contributed by atoms with van der Waals surface area (Å²) in [6.07, 6.45) is 3.46. The van der Waals surface area contributed by atoms with Gasteiger partial charge in [-0.1, -0.05) is 23.7 Å².